The Morgan fingerprint density at radius 2 is 1.62 bits per heavy atom. The van der Waals surface area contributed by atoms with E-state index >= 15 is 0 Å². The molecular weight excluding hydrogens is 436 g/mol. The molecule has 0 aliphatic heterocycles. The van der Waals surface area contributed by atoms with E-state index in [1.54, 1.807) is 0 Å². The lowest BCUT2D eigenvalue weighted by molar-refractivity contribution is -0.149. The zero-order chi connectivity index (χ0) is 24.9. The minimum atomic E-state index is -1.62. The van der Waals surface area contributed by atoms with Gasteiger partial charge in [-0.3, -0.25) is 4.79 Å². The van der Waals surface area contributed by atoms with E-state index in [-0.39, 0.29) is 25.0 Å². The Hall–Kier alpha value is -3.39. The van der Waals surface area contributed by atoms with Crippen molar-refractivity contribution in [3.8, 4) is 11.1 Å². The van der Waals surface area contributed by atoms with Crippen molar-refractivity contribution in [2.45, 2.75) is 44.7 Å². The van der Waals surface area contributed by atoms with Crippen molar-refractivity contribution in [3.63, 3.8) is 0 Å². The van der Waals surface area contributed by atoms with Crippen LogP contribution in [-0.2, 0) is 19.1 Å². The molecule has 0 fully saturated rings. The number of rotatable bonds is 10. The topological polar surface area (TPSA) is 114 Å². The molecule has 0 heterocycles. The van der Waals surface area contributed by atoms with Crippen molar-refractivity contribution >= 4 is 18.0 Å². The van der Waals surface area contributed by atoms with Crippen LogP contribution < -0.4 is 10.6 Å². The Balaban J connectivity index is 1.70. The second-order valence-corrected chi connectivity index (χ2v) is 8.89. The van der Waals surface area contributed by atoms with Gasteiger partial charge in [0.15, 0.2) is 5.54 Å². The first-order valence-electron chi connectivity index (χ1n) is 11.4. The predicted molar refractivity (Wildman–Crippen MR) is 128 cm³/mol. The van der Waals surface area contributed by atoms with Gasteiger partial charge in [0.25, 0.3) is 0 Å². The van der Waals surface area contributed by atoms with Gasteiger partial charge in [-0.25, -0.2) is 9.59 Å². The third-order valence-corrected chi connectivity index (χ3v) is 6.42. The zero-order valence-corrected chi connectivity index (χ0v) is 20.0. The molecule has 8 heteroatoms. The van der Waals surface area contributed by atoms with Gasteiger partial charge in [0.1, 0.15) is 12.6 Å². The lowest BCUT2D eigenvalue weighted by Gasteiger charge is -2.30. The largest absolute Gasteiger partial charge is 0.479 e. The number of carboxylic acid groups (broad SMARTS) is 1. The van der Waals surface area contributed by atoms with E-state index in [1.165, 1.54) is 14.0 Å². The number of carboxylic acids is 1. The van der Waals surface area contributed by atoms with E-state index in [0.717, 1.165) is 22.3 Å². The molecule has 0 saturated carbocycles. The third-order valence-electron chi connectivity index (χ3n) is 6.42. The van der Waals surface area contributed by atoms with Gasteiger partial charge in [-0.15, -0.1) is 0 Å². The fourth-order valence-electron chi connectivity index (χ4n) is 4.26. The number of carbonyl (C=O) groups is 3. The molecule has 1 aliphatic carbocycles. The molecule has 1 aliphatic rings. The molecule has 0 saturated heterocycles. The Morgan fingerprint density at radius 1 is 1.06 bits per heavy atom. The van der Waals surface area contributed by atoms with Crippen molar-refractivity contribution in [3.05, 3.63) is 59.7 Å². The molecule has 3 rings (SSSR count). The van der Waals surface area contributed by atoms with E-state index in [0.29, 0.717) is 6.42 Å². The molecule has 0 radical (unpaired) electrons. The highest BCUT2D eigenvalue weighted by Gasteiger charge is 2.38. The molecule has 2 amide bonds. The summed E-state index contributed by atoms with van der Waals surface area (Å²) in [5.74, 6) is -2.19. The highest BCUT2D eigenvalue weighted by molar-refractivity contribution is 5.91. The van der Waals surface area contributed by atoms with Gasteiger partial charge in [0.05, 0.1) is 6.61 Å². The number of aliphatic carboxylic acids is 1. The smallest absolute Gasteiger partial charge is 0.407 e. The molecule has 2 aromatic carbocycles. The van der Waals surface area contributed by atoms with Crippen LogP contribution in [0.1, 0.15) is 44.2 Å². The Morgan fingerprint density at radius 3 is 2.12 bits per heavy atom. The van der Waals surface area contributed by atoms with Crippen LogP contribution in [0.2, 0.25) is 0 Å². The Kier molecular flexibility index (Phi) is 7.94. The molecule has 3 atom stereocenters. The van der Waals surface area contributed by atoms with Gasteiger partial charge in [-0.05, 0) is 35.1 Å². The lowest BCUT2D eigenvalue weighted by atomic mass is 9.96. The van der Waals surface area contributed by atoms with Gasteiger partial charge < -0.3 is 25.2 Å². The predicted octanol–water partition coefficient (Wildman–Crippen LogP) is 3.55. The summed E-state index contributed by atoms with van der Waals surface area (Å²) >= 11 is 0. The zero-order valence-electron chi connectivity index (χ0n) is 20.0. The molecule has 182 valence electrons. The van der Waals surface area contributed by atoms with E-state index < -0.39 is 29.6 Å². The molecular formula is C26H32N2O6. The van der Waals surface area contributed by atoms with Crippen LogP contribution in [0, 0.1) is 5.92 Å². The third kappa shape index (κ3) is 5.22. The van der Waals surface area contributed by atoms with E-state index in [9.17, 15) is 19.5 Å². The minimum Gasteiger partial charge on any atom is -0.479 e. The Labute approximate surface area is 199 Å². The van der Waals surface area contributed by atoms with Crippen molar-refractivity contribution in [2.75, 3.05) is 20.3 Å². The molecule has 34 heavy (non-hydrogen) atoms. The van der Waals surface area contributed by atoms with Crippen molar-refractivity contribution < 1.29 is 29.0 Å². The molecule has 0 aromatic heterocycles. The van der Waals surface area contributed by atoms with Crippen molar-refractivity contribution in [1.29, 1.82) is 0 Å². The molecule has 0 spiro atoms. The maximum atomic E-state index is 13.0. The number of nitrogens with one attached hydrogen (secondary N) is 2. The standard InChI is InChI=1S/C26H32N2O6/c1-5-16(2)22(23(29)28-26(3,15-33-4)24(30)31)27-25(32)34-14-21-19-12-8-6-10-17(19)18-11-7-9-13-20(18)21/h6-13,16,21-22H,5,14-15H2,1-4H3,(H,27,32)(H,28,29)(H,30,31)/t16?,22-,26?/m0/s1. The number of carbonyl (C=O) groups excluding carboxylic acids is 2. The van der Waals surface area contributed by atoms with Gasteiger partial charge in [0, 0.05) is 13.0 Å². The summed E-state index contributed by atoms with van der Waals surface area (Å²) in [4.78, 5) is 37.4. The van der Waals surface area contributed by atoms with E-state index in [2.05, 4.69) is 22.8 Å². The molecule has 8 nitrogen and oxygen atoms in total. The second kappa shape index (κ2) is 10.7. The monoisotopic (exact) mass is 468 g/mol. The fraction of sp³-hybridized carbons (Fsp3) is 0.423. The molecule has 2 aromatic rings. The van der Waals surface area contributed by atoms with Gasteiger partial charge in [-0.2, -0.15) is 0 Å². The first-order chi connectivity index (χ1) is 16.2. The highest BCUT2D eigenvalue weighted by atomic mass is 16.5. The fourth-order valence-corrected chi connectivity index (χ4v) is 4.26. The second-order valence-electron chi connectivity index (χ2n) is 8.89. The normalized spacial score (nSPS) is 15.9. The number of ether oxygens (including phenoxy) is 2. The van der Waals surface area contributed by atoms with Crippen molar-refractivity contribution in [1.82, 2.24) is 10.6 Å². The number of alkyl carbamates (subject to hydrolysis) is 1. The van der Waals surface area contributed by atoms with Crippen LogP contribution >= 0.6 is 0 Å². The SMILES string of the molecule is CCC(C)[C@H](NC(=O)OCC1c2ccccc2-c2ccccc21)C(=O)NC(C)(COC)C(=O)O. The van der Waals surface area contributed by atoms with Gasteiger partial charge in [-0.1, -0.05) is 68.8 Å². The van der Waals surface area contributed by atoms with Crippen LogP contribution in [-0.4, -0.2) is 55.0 Å². The average Bonchev–Trinajstić information content (AvgIpc) is 3.14. The van der Waals surface area contributed by atoms with Crippen LogP contribution in [0.4, 0.5) is 4.79 Å². The van der Waals surface area contributed by atoms with Crippen LogP contribution in [0.25, 0.3) is 11.1 Å². The highest BCUT2D eigenvalue weighted by Crippen LogP contribution is 2.44. The number of benzene rings is 2. The number of hydrogen-bond donors (Lipinski definition) is 3. The van der Waals surface area contributed by atoms with Gasteiger partial charge in [0.2, 0.25) is 5.91 Å². The summed E-state index contributed by atoms with van der Waals surface area (Å²) in [6.45, 7) is 4.95. The first-order valence-corrected chi connectivity index (χ1v) is 11.4. The number of methoxy groups -OCH3 is 1. The van der Waals surface area contributed by atoms with Crippen LogP contribution in [0.15, 0.2) is 48.5 Å². The summed E-state index contributed by atoms with van der Waals surface area (Å²) in [6, 6.07) is 15.1. The average molecular weight is 469 g/mol. The summed E-state index contributed by atoms with van der Waals surface area (Å²) in [5.41, 5.74) is 2.79. The summed E-state index contributed by atoms with van der Waals surface area (Å²) < 4.78 is 10.5. The maximum Gasteiger partial charge on any atom is 0.407 e. The maximum absolute atomic E-state index is 13.0. The number of amides is 2. The summed E-state index contributed by atoms with van der Waals surface area (Å²) in [5, 5.41) is 14.7. The Bertz CT molecular complexity index is 1010. The summed E-state index contributed by atoms with van der Waals surface area (Å²) in [7, 11) is 1.36. The van der Waals surface area contributed by atoms with Crippen LogP contribution in [0.3, 0.4) is 0 Å². The molecule has 0 bridgehead atoms. The number of fused-ring (bicyclic) bond motifs is 3. The molecule has 3 N–H and O–H groups in total. The van der Waals surface area contributed by atoms with E-state index in [4.69, 9.17) is 9.47 Å². The lowest BCUT2D eigenvalue weighted by Crippen LogP contribution is -2.61. The summed E-state index contributed by atoms with van der Waals surface area (Å²) in [6.07, 6.45) is -0.137. The molecule has 2 unspecified atom stereocenters. The first kappa shape index (κ1) is 25.2. The van der Waals surface area contributed by atoms with Gasteiger partial charge >= 0.3 is 12.1 Å². The minimum absolute atomic E-state index is 0.106. The van der Waals surface area contributed by atoms with Crippen molar-refractivity contribution in [2.24, 2.45) is 5.92 Å². The number of hydrogen-bond acceptors (Lipinski definition) is 5. The quantitative estimate of drug-likeness (QED) is 0.491. The van der Waals surface area contributed by atoms with Crippen LogP contribution in [0.5, 0.6) is 0 Å². The van der Waals surface area contributed by atoms with E-state index in [1.807, 2.05) is 50.2 Å².